The van der Waals surface area contributed by atoms with E-state index in [1.165, 1.54) is 16.4 Å². The van der Waals surface area contributed by atoms with E-state index in [9.17, 15) is 4.79 Å². The third-order valence-electron chi connectivity index (χ3n) is 4.84. The van der Waals surface area contributed by atoms with Gasteiger partial charge in [-0.2, -0.15) is 0 Å². The van der Waals surface area contributed by atoms with Gasteiger partial charge in [0.05, 0.1) is 5.75 Å². The van der Waals surface area contributed by atoms with E-state index in [1.807, 2.05) is 23.1 Å². The van der Waals surface area contributed by atoms with Crippen molar-refractivity contribution in [1.29, 1.82) is 0 Å². The van der Waals surface area contributed by atoms with Crippen molar-refractivity contribution < 1.29 is 9.53 Å². The second-order valence-corrected chi connectivity index (χ2v) is 7.50. The molecule has 2 aromatic rings. The molecule has 144 valence electrons. The lowest BCUT2D eigenvalue weighted by molar-refractivity contribution is -0.128. The summed E-state index contributed by atoms with van der Waals surface area (Å²) in [6.45, 7) is 3.66. The van der Waals surface area contributed by atoms with Crippen molar-refractivity contribution in [3.05, 3.63) is 30.2 Å². The first-order valence-corrected chi connectivity index (χ1v) is 10.1. The summed E-state index contributed by atoms with van der Waals surface area (Å²) in [6, 6.07) is 5.87. The average molecular weight is 389 g/mol. The van der Waals surface area contributed by atoms with Crippen LogP contribution in [-0.2, 0) is 9.53 Å². The van der Waals surface area contributed by atoms with Crippen molar-refractivity contribution in [2.75, 3.05) is 49.3 Å². The van der Waals surface area contributed by atoms with E-state index in [2.05, 4.69) is 20.1 Å². The van der Waals surface area contributed by atoms with Gasteiger partial charge in [-0.3, -0.25) is 4.79 Å². The maximum absolute atomic E-state index is 12.5. The highest BCUT2D eigenvalue weighted by molar-refractivity contribution is 7.99. The number of nitrogens with two attached hydrogens (primary N) is 1. The van der Waals surface area contributed by atoms with Gasteiger partial charge in [0.1, 0.15) is 11.9 Å². The number of nitrogen functional groups attached to an aromatic ring is 1. The monoisotopic (exact) mass is 389 g/mol. The number of hydrogen-bond donors (Lipinski definition) is 1. The van der Waals surface area contributed by atoms with Crippen molar-refractivity contribution in [3.63, 3.8) is 0 Å². The van der Waals surface area contributed by atoms with Gasteiger partial charge in [0.2, 0.25) is 11.1 Å². The van der Waals surface area contributed by atoms with E-state index in [0.717, 1.165) is 38.4 Å². The van der Waals surface area contributed by atoms with Gasteiger partial charge in [0.25, 0.3) is 0 Å². The molecule has 0 aromatic carbocycles. The lowest BCUT2D eigenvalue weighted by atomic mass is 10.2. The van der Waals surface area contributed by atoms with E-state index in [-0.39, 0.29) is 12.0 Å². The number of aromatic nitrogens is 4. The lowest BCUT2D eigenvalue weighted by Gasteiger charge is -2.35. The minimum atomic E-state index is -0.0905. The summed E-state index contributed by atoms with van der Waals surface area (Å²) in [7, 11) is 0. The number of thioether (sulfide) groups is 1. The Balaban J connectivity index is 1.28. The highest BCUT2D eigenvalue weighted by atomic mass is 32.2. The summed E-state index contributed by atoms with van der Waals surface area (Å²) in [6.07, 6.45) is 3.60. The van der Waals surface area contributed by atoms with E-state index >= 15 is 0 Å². The summed E-state index contributed by atoms with van der Waals surface area (Å²) in [5.41, 5.74) is 0. The molecular formula is C17H23N7O2S. The third-order valence-corrected chi connectivity index (χ3v) is 5.77. The number of carbonyl (C=O) groups is 1. The van der Waals surface area contributed by atoms with Crippen LogP contribution < -0.4 is 10.7 Å². The van der Waals surface area contributed by atoms with Crippen molar-refractivity contribution in [2.45, 2.75) is 24.1 Å². The molecule has 4 heterocycles. The fraction of sp³-hybridized carbons (Fsp3) is 0.529. The third kappa shape index (κ3) is 4.01. The summed E-state index contributed by atoms with van der Waals surface area (Å²) in [5.74, 6) is 8.05. The second kappa shape index (κ2) is 8.13. The fourth-order valence-corrected chi connectivity index (χ4v) is 4.10. The molecular weight excluding hydrogens is 366 g/mol. The number of piperazine rings is 1. The zero-order valence-electron chi connectivity index (χ0n) is 15.0. The molecule has 2 N–H and O–H groups in total. The summed E-state index contributed by atoms with van der Waals surface area (Å²) in [4.78, 5) is 21.0. The predicted octanol–water partition coefficient (Wildman–Crippen LogP) is 0.679. The van der Waals surface area contributed by atoms with Crippen LogP contribution in [0.2, 0.25) is 0 Å². The standard InChI is InChI=1S/C17H23N7O2S/c18-24-16(13-4-3-11-26-13)20-21-17(24)27-12-15(25)23-9-7-22(8-10-23)14-5-1-2-6-19-14/h1-2,5-6,13H,3-4,7-12,18H2/t13-/m0/s1. The Morgan fingerprint density at radius 3 is 2.81 bits per heavy atom. The number of hydrogen-bond acceptors (Lipinski definition) is 8. The number of amides is 1. The smallest absolute Gasteiger partial charge is 0.233 e. The first kappa shape index (κ1) is 18.1. The van der Waals surface area contributed by atoms with Crippen LogP contribution in [0.15, 0.2) is 29.6 Å². The number of pyridine rings is 1. The Morgan fingerprint density at radius 2 is 2.11 bits per heavy atom. The molecule has 1 amide bonds. The van der Waals surface area contributed by atoms with Crippen LogP contribution in [0.3, 0.4) is 0 Å². The molecule has 0 aliphatic carbocycles. The molecule has 0 saturated carbocycles. The Morgan fingerprint density at radius 1 is 1.26 bits per heavy atom. The summed E-state index contributed by atoms with van der Waals surface area (Å²) in [5, 5.41) is 8.79. The number of nitrogens with zero attached hydrogens (tertiary/aromatic N) is 6. The van der Waals surface area contributed by atoms with E-state index in [0.29, 0.717) is 29.8 Å². The molecule has 27 heavy (non-hydrogen) atoms. The first-order chi connectivity index (χ1) is 13.2. The Bertz CT molecular complexity index is 771. The van der Waals surface area contributed by atoms with E-state index in [1.54, 1.807) is 6.20 Å². The normalized spacial score (nSPS) is 20.2. The minimum Gasteiger partial charge on any atom is -0.370 e. The number of carbonyl (C=O) groups excluding carboxylic acids is 1. The van der Waals surface area contributed by atoms with Gasteiger partial charge in [-0.1, -0.05) is 17.8 Å². The number of rotatable bonds is 5. The topological polar surface area (TPSA) is 102 Å². The maximum Gasteiger partial charge on any atom is 0.233 e. The Kier molecular flexibility index (Phi) is 5.44. The molecule has 0 unspecified atom stereocenters. The lowest BCUT2D eigenvalue weighted by Crippen LogP contribution is -2.49. The Labute approximate surface area is 161 Å². The van der Waals surface area contributed by atoms with Gasteiger partial charge >= 0.3 is 0 Å². The van der Waals surface area contributed by atoms with Crippen LogP contribution in [0.25, 0.3) is 0 Å². The average Bonchev–Trinajstić information content (AvgIpc) is 3.37. The molecule has 2 fully saturated rings. The van der Waals surface area contributed by atoms with E-state index in [4.69, 9.17) is 10.6 Å². The minimum absolute atomic E-state index is 0.0855. The molecule has 2 aliphatic rings. The zero-order chi connectivity index (χ0) is 18.6. The molecule has 0 radical (unpaired) electrons. The Hall–Kier alpha value is -2.33. The first-order valence-electron chi connectivity index (χ1n) is 9.11. The van der Waals surface area contributed by atoms with Crippen LogP contribution in [0.1, 0.15) is 24.8 Å². The predicted molar refractivity (Wildman–Crippen MR) is 102 cm³/mol. The van der Waals surface area contributed by atoms with Crippen LogP contribution in [0.5, 0.6) is 0 Å². The second-order valence-electron chi connectivity index (χ2n) is 6.56. The van der Waals surface area contributed by atoms with Gasteiger partial charge in [-0.15, -0.1) is 10.2 Å². The van der Waals surface area contributed by atoms with Gasteiger partial charge < -0.3 is 20.4 Å². The molecule has 0 bridgehead atoms. The molecule has 9 nitrogen and oxygen atoms in total. The quantitative estimate of drug-likeness (QED) is 0.588. The van der Waals surface area contributed by atoms with Crippen LogP contribution in [0.4, 0.5) is 5.82 Å². The largest absolute Gasteiger partial charge is 0.370 e. The molecule has 4 rings (SSSR count). The van der Waals surface area contributed by atoms with Gasteiger partial charge in [-0.25, -0.2) is 9.66 Å². The van der Waals surface area contributed by atoms with Crippen LogP contribution in [0, 0.1) is 0 Å². The van der Waals surface area contributed by atoms with Crippen molar-refractivity contribution in [1.82, 2.24) is 24.8 Å². The molecule has 2 aliphatic heterocycles. The SMILES string of the molecule is Nn1c(SCC(=O)N2CCN(c3ccccn3)CC2)nnc1[C@@H]1CCCO1. The zero-order valence-corrected chi connectivity index (χ0v) is 15.8. The molecule has 2 aromatic heterocycles. The van der Waals surface area contributed by atoms with Crippen molar-refractivity contribution in [3.8, 4) is 0 Å². The van der Waals surface area contributed by atoms with Gasteiger partial charge in [-0.05, 0) is 25.0 Å². The molecule has 1 atom stereocenters. The van der Waals surface area contributed by atoms with Crippen molar-refractivity contribution in [2.24, 2.45) is 0 Å². The van der Waals surface area contributed by atoms with Crippen LogP contribution in [-0.4, -0.2) is 69.2 Å². The molecule has 0 spiro atoms. The van der Waals surface area contributed by atoms with Crippen molar-refractivity contribution >= 4 is 23.5 Å². The number of anilines is 1. The van der Waals surface area contributed by atoms with Gasteiger partial charge in [0, 0.05) is 39.0 Å². The van der Waals surface area contributed by atoms with Crippen LogP contribution >= 0.6 is 11.8 Å². The van der Waals surface area contributed by atoms with Gasteiger partial charge in [0.15, 0.2) is 5.82 Å². The summed E-state index contributed by atoms with van der Waals surface area (Å²) < 4.78 is 7.05. The molecule has 10 heteroatoms. The molecule has 2 saturated heterocycles. The highest BCUT2D eigenvalue weighted by Crippen LogP contribution is 2.28. The summed E-state index contributed by atoms with van der Waals surface area (Å²) >= 11 is 1.32. The fourth-order valence-electron chi connectivity index (χ4n) is 3.33. The number of ether oxygens (including phenoxy) is 1. The van der Waals surface area contributed by atoms with E-state index < -0.39 is 0 Å². The highest BCUT2D eigenvalue weighted by Gasteiger charge is 2.26. The maximum atomic E-state index is 12.5.